The number of aromatic amines is 1. The number of hydrogen-bond acceptors (Lipinski definition) is 8. The second-order valence-electron chi connectivity index (χ2n) is 8.76. The van der Waals surface area contributed by atoms with E-state index < -0.39 is 9.84 Å². The van der Waals surface area contributed by atoms with E-state index in [0.29, 0.717) is 48.3 Å². The van der Waals surface area contributed by atoms with E-state index in [4.69, 9.17) is 9.47 Å². The summed E-state index contributed by atoms with van der Waals surface area (Å²) < 4.78 is 34.7. The van der Waals surface area contributed by atoms with Crippen molar-refractivity contribution in [3.63, 3.8) is 0 Å². The molecular weight excluding hydrogens is 474 g/mol. The summed E-state index contributed by atoms with van der Waals surface area (Å²) in [7, 11) is -1.79. The summed E-state index contributed by atoms with van der Waals surface area (Å²) in [6.45, 7) is 0.647. The molecule has 0 radical (unpaired) electrons. The number of nitrogens with one attached hydrogen (secondary N) is 1. The maximum Gasteiger partial charge on any atom is 0.192 e. The number of aliphatic imine (C=N–C) groups is 1. The number of carbonyl (C=O) groups excluding carboxylic acids is 1. The molecule has 3 aromatic rings. The van der Waals surface area contributed by atoms with Gasteiger partial charge in [-0.2, -0.15) is 0 Å². The molecule has 1 aliphatic carbocycles. The zero-order valence-corrected chi connectivity index (χ0v) is 20.5. The minimum Gasteiger partial charge on any atom is -0.494 e. The second kappa shape index (κ2) is 9.07. The molecule has 1 N–H and O–H groups in total. The lowest BCUT2D eigenvalue weighted by atomic mass is 10.1. The smallest absolute Gasteiger partial charge is 0.192 e. The number of methoxy groups -OCH3 is 1. The first-order valence-corrected chi connectivity index (χ1v) is 13.8. The first-order valence-electron chi connectivity index (χ1n) is 11.1. The normalized spacial score (nSPS) is 18.2. The lowest BCUT2D eigenvalue weighted by Crippen LogP contribution is -2.11. The number of hydrogen-bond donors (Lipinski definition) is 1. The van der Waals surface area contributed by atoms with Crippen molar-refractivity contribution in [3.05, 3.63) is 42.2 Å². The van der Waals surface area contributed by atoms with Gasteiger partial charge in [-0.1, -0.05) is 11.8 Å². The van der Waals surface area contributed by atoms with Crippen LogP contribution in [0.1, 0.15) is 31.4 Å². The molecule has 0 saturated heterocycles. The van der Waals surface area contributed by atoms with Crippen LogP contribution in [-0.4, -0.2) is 54.4 Å². The van der Waals surface area contributed by atoms with Crippen LogP contribution in [0.3, 0.4) is 0 Å². The highest BCUT2D eigenvalue weighted by Gasteiger charge is 2.28. The monoisotopic (exact) mass is 499 g/mol. The summed E-state index contributed by atoms with van der Waals surface area (Å²) in [5, 5.41) is 1.97. The number of H-pyrrole nitrogens is 1. The molecule has 0 bridgehead atoms. The second-order valence-corrected chi connectivity index (χ2v) is 12.0. The minimum atomic E-state index is -3.37. The summed E-state index contributed by atoms with van der Waals surface area (Å²) in [6, 6.07) is 8.61. The number of Topliss-reactive ketones (excluding diaryl/α,β-unsaturated/α-hetero) is 1. The van der Waals surface area contributed by atoms with Crippen molar-refractivity contribution in [1.29, 1.82) is 0 Å². The molecule has 8 nitrogen and oxygen atoms in total. The van der Waals surface area contributed by atoms with E-state index in [1.165, 1.54) is 25.1 Å². The Labute approximate surface area is 202 Å². The SMILES string of the molecule is COc1cc(Oc2ccc(S(C)(=O)=O)nc2)cc2cc(C3=NCC(CC(=O)CC4CC4)S3)[nH]c12. The van der Waals surface area contributed by atoms with Crippen molar-refractivity contribution < 1.29 is 22.7 Å². The van der Waals surface area contributed by atoms with Crippen molar-refractivity contribution in [2.45, 2.75) is 36.0 Å². The fraction of sp³-hybridized carbons (Fsp3) is 0.375. The third-order valence-corrected chi connectivity index (χ3v) is 8.05. The van der Waals surface area contributed by atoms with Gasteiger partial charge in [-0.25, -0.2) is 13.4 Å². The third kappa shape index (κ3) is 5.12. The van der Waals surface area contributed by atoms with Gasteiger partial charge in [-0.05, 0) is 43.0 Å². The fourth-order valence-electron chi connectivity index (χ4n) is 3.96. The molecule has 1 aliphatic heterocycles. The Kier molecular flexibility index (Phi) is 6.11. The third-order valence-electron chi connectivity index (χ3n) is 5.83. The molecule has 10 heteroatoms. The molecule has 1 saturated carbocycles. The Morgan fingerprint density at radius 1 is 1.18 bits per heavy atom. The van der Waals surface area contributed by atoms with Crippen LogP contribution < -0.4 is 9.47 Å². The Hall–Kier alpha value is -2.85. The number of nitrogens with zero attached hydrogens (tertiary/aromatic N) is 2. The average Bonchev–Trinajstić information content (AvgIpc) is 3.30. The summed E-state index contributed by atoms with van der Waals surface area (Å²) in [5.74, 6) is 2.52. The highest BCUT2D eigenvalue weighted by atomic mass is 32.2. The van der Waals surface area contributed by atoms with Crippen molar-refractivity contribution in [2.24, 2.45) is 10.9 Å². The summed E-state index contributed by atoms with van der Waals surface area (Å²) in [6.07, 6.45) is 6.16. The van der Waals surface area contributed by atoms with Crippen molar-refractivity contribution >= 4 is 43.3 Å². The lowest BCUT2D eigenvalue weighted by Gasteiger charge is -2.09. The van der Waals surface area contributed by atoms with Crippen molar-refractivity contribution in [2.75, 3.05) is 19.9 Å². The average molecular weight is 500 g/mol. The van der Waals surface area contributed by atoms with E-state index in [9.17, 15) is 13.2 Å². The molecule has 0 amide bonds. The van der Waals surface area contributed by atoms with E-state index in [1.807, 2.05) is 12.1 Å². The molecule has 1 unspecified atom stereocenters. The van der Waals surface area contributed by atoms with E-state index in [1.54, 1.807) is 31.0 Å². The first kappa shape index (κ1) is 22.9. The van der Waals surface area contributed by atoms with E-state index >= 15 is 0 Å². The standard InChI is InChI=1S/C24H25N3O5S2/c1-31-21-11-18(32-17-5-6-22(25-12-17)34(2,29)30)8-15-9-20(27-23(15)21)24-26-13-19(33-24)10-16(28)7-14-3-4-14/h5-6,8-9,11-12,14,19,27H,3-4,7,10,13H2,1-2H3. The minimum absolute atomic E-state index is 0.00876. The number of fused-ring (bicyclic) bond motifs is 1. The van der Waals surface area contributed by atoms with Crippen LogP contribution in [0.2, 0.25) is 0 Å². The highest BCUT2D eigenvalue weighted by molar-refractivity contribution is 8.15. The van der Waals surface area contributed by atoms with E-state index in [-0.39, 0.29) is 10.3 Å². The van der Waals surface area contributed by atoms with Crippen LogP contribution in [0.15, 0.2) is 46.5 Å². The molecule has 2 aromatic heterocycles. The van der Waals surface area contributed by atoms with Crippen molar-refractivity contribution in [1.82, 2.24) is 9.97 Å². The van der Waals surface area contributed by atoms with Gasteiger partial charge in [0.05, 0.1) is 31.1 Å². The number of sulfone groups is 1. The first-order chi connectivity index (χ1) is 16.3. The Balaban J connectivity index is 1.32. The van der Waals surface area contributed by atoms with Gasteiger partial charge in [0.2, 0.25) is 0 Å². The molecule has 2 aliphatic rings. The lowest BCUT2D eigenvalue weighted by molar-refractivity contribution is -0.119. The number of thioether (sulfide) groups is 1. The van der Waals surface area contributed by atoms with Crippen LogP contribution in [0.25, 0.3) is 10.9 Å². The van der Waals surface area contributed by atoms with Gasteiger partial charge in [0.15, 0.2) is 14.9 Å². The molecule has 1 fully saturated rings. The maximum absolute atomic E-state index is 12.2. The van der Waals surface area contributed by atoms with Gasteiger partial charge < -0.3 is 14.5 Å². The van der Waals surface area contributed by atoms with Crippen LogP contribution in [-0.2, 0) is 14.6 Å². The van der Waals surface area contributed by atoms with Crippen molar-refractivity contribution in [3.8, 4) is 17.2 Å². The number of ether oxygens (including phenoxy) is 2. The van der Waals surface area contributed by atoms with Gasteiger partial charge in [0, 0.05) is 35.8 Å². The highest BCUT2D eigenvalue weighted by Crippen LogP contribution is 2.37. The molecule has 34 heavy (non-hydrogen) atoms. The molecule has 178 valence electrons. The summed E-state index contributed by atoms with van der Waals surface area (Å²) >= 11 is 1.65. The number of benzene rings is 1. The van der Waals surface area contributed by atoms with E-state index in [2.05, 4.69) is 15.0 Å². The van der Waals surface area contributed by atoms with Crippen LogP contribution >= 0.6 is 11.8 Å². The van der Waals surface area contributed by atoms with Gasteiger partial charge in [0.25, 0.3) is 0 Å². The zero-order valence-electron chi connectivity index (χ0n) is 18.9. The fourth-order valence-corrected chi connectivity index (χ4v) is 5.63. The molecule has 5 rings (SSSR count). The Morgan fingerprint density at radius 3 is 2.68 bits per heavy atom. The van der Waals surface area contributed by atoms with Gasteiger partial charge >= 0.3 is 0 Å². The van der Waals surface area contributed by atoms with Crippen LogP contribution in [0, 0.1) is 5.92 Å². The summed E-state index contributed by atoms with van der Waals surface area (Å²) in [4.78, 5) is 24.3. The van der Waals surface area contributed by atoms with Gasteiger partial charge in [-0.15, -0.1) is 0 Å². The molecule has 0 spiro atoms. The quantitative estimate of drug-likeness (QED) is 0.465. The van der Waals surface area contributed by atoms with E-state index in [0.717, 1.165) is 27.9 Å². The Morgan fingerprint density at radius 2 is 2.00 bits per heavy atom. The molecule has 1 aromatic carbocycles. The predicted octanol–water partition coefficient (Wildman–Crippen LogP) is 4.39. The van der Waals surface area contributed by atoms with Gasteiger partial charge in [0.1, 0.15) is 28.1 Å². The topological polar surface area (TPSA) is 111 Å². The summed E-state index contributed by atoms with van der Waals surface area (Å²) in [5.41, 5.74) is 1.71. The maximum atomic E-state index is 12.2. The molecule has 3 heterocycles. The number of rotatable bonds is 9. The molecular formula is C24H25N3O5S2. The number of carbonyl (C=O) groups is 1. The Bertz CT molecular complexity index is 1380. The number of aromatic nitrogens is 2. The van der Waals surface area contributed by atoms with Crippen LogP contribution in [0.5, 0.6) is 17.2 Å². The molecule has 1 atom stereocenters. The number of pyridine rings is 1. The van der Waals surface area contributed by atoms with Gasteiger partial charge in [-0.3, -0.25) is 9.79 Å². The largest absolute Gasteiger partial charge is 0.494 e. The predicted molar refractivity (Wildman–Crippen MR) is 132 cm³/mol. The zero-order chi connectivity index (χ0) is 23.9. The number of ketones is 1. The van der Waals surface area contributed by atoms with Crippen LogP contribution in [0.4, 0.5) is 0 Å².